The van der Waals surface area contributed by atoms with Crippen LogP contribution in [0.4, 0.5) is 5.69 Å². The summed E-state index contributed by atoms with van der Waals surface area (Å²) in [6.45, 7) is 3.04. The van der Waals surface area contributed by atoms with E-state index in [-0.39, 0.29) is 0 Å². The van der Waals surface area contributed by atoms with Gasteiger partial charge in [0.2, 0.25) is 0 Å². The largest absolute Gasteiger partial charge is 0.379 e. The number of unbranched alkanes of at least 4 members (excludes halogenated alkanes) is 1. The minimum Gasteiger partial charge on any atom is -0.379 e. The second kappa shape index (κ2) is 6.40. The van der Waals surface area contributed by atoms with Crippen molar-refractivity contribution in [2.75, 3.05) is 5.32 Å². The third-order valence-electron chi connectivity index (χ3n) is 2.67. The van der Waals surface area contributed by atoms with Gasteiger partial charge in [0.15, 0.2) is 0 Å². The first-order valence-corrected chi connectivity index (χ1v) is 6.97. The fraction of sp³-hybridized carbons (Fsp3) is 0.357. The molecule has 0 unspecified atom stereocenters. The maximum Gasteiger partial charge on any atom is 0.112 e. The van der Waals surface area contributed by atoms with Gasteiger partial charge in [-0.1, -0.05) is 25.5 Å². The molecular formula is C14H18N2S. The zero-order valence-electron chi connectivity index (χ0n) is 10.1. The second-order valence-electron chi connectivity index (χ2n) is 4.08. The monoisotopic (exact) mass is 246 g/mol. The number of aryl methyl sites for hydroxylation is 1. The molecule has 1 heterocycles. The number of nitrogens with one attached hydrogen (secondary N) is 1. The first-order chi connectivity index (χ1) is 8.38. The van der Waals surface area contributed by atoms with E-state index in [4.69, 9.17) is 0 Å². The van der Waals surface area contributed by atoms with Crippen LogP contribution in [-0.2, 0) is 13.0 Å². The average Bonchev–Trinajstić information content (AvgIpc) is 2.87. The van der Waals surface area contributed by atoms with Crippen LogP contribution in [0.25, 0.3) is 0 Å². The van der Waals surface area contributed by atoms with E-state index in [0.29, 0.717) is 0 Å². The molecule has 0 fully saturated rings. The van der Waals surface area contributed by atoms with Crippen molar-refractivity contribution >= 4 is 17.0 Å². The zero-order chi connectivity index (χ0) is 11.9. The molecule has 2 aromatic rings. The Balaban J connectivity index is 1.91. The smallest absolute Gasteiger partial charge is 0.112 e. The molecule has 0 aliphatic carbocycles. The fourth-order valence-corrected chi connectivity index (χ4v) is 2.29. The molecule has 2 nitrogen and oxygen atoms in total. The minimum absolute atomic E-state index is 0.814. The SMILES string of the molecule is CCCCc1cccc(NCc2nccs2)c1. The molecule has 1 aromatic heterocycles. The van der Waals surface area contributed by atoms with E-state index in [1.165, 1.54) is 30.5 Å². The number of aromatic nitrogens is 1. The molecule has 0 aliphatic rings. The molecule has 0 bridgehead atoms. The molecule has 0 saturated heterocycles. The highest BCUT2D eigenvalue weighted by Gasteiger charge is 1.98. The Morgan fingerprint density at radius 2 is 2.29 bits per heavy atom. The summed E-state index contributed by atoms with van der Waals surface area (Å²) in [6, 6.07) is 8.67. The summed E-state index contributed by atoms with van der Waals surface area (Å²) < 4.78 is 0. The summed E-state index contributed by atoms with van der Waals surface area (Å²) in [5, 5.41) is 6.55. The van der Waals surface area contributed by atoms with Gasteiger partial charge in [0.25, 0.3) is 0 Å². The second-order valence-corrected chi connectivity index (χ2v) is 5.06. The maximum atomic E-state index is 4.26. The van der Waals surface area contributed by atoms with E-state index < -0.39 is 0 Å². The van der Waals surface area contributed by atoms with E-state index in [1.54, 1.807) is 11.3 Å². The Morgan fingerprint density at radius 3 is 3.06 bits per heavy atom. The average molecular weight is 246 g/mol. The van der Waals surface area contributed by atoms with Gasteiger partial charge in [-0.3, -0.25) is 0 Å². The topological polar surface area (TPSA) is 24.9 Å². The van der Waals surface area contributed by atoms with Gasteiger partial charge in [0, 0.05) is 17.3 Å². The Hall–Kier alpha value is -1.35. The molecule has 2 rings (SSSR count). The third kappa shape index (κ3) is 3.86. The molecule has 0 atom stereocenters. The van der Waals surface area contributed by atoms with Crippen LogP contribution >= 0.6 is 11.3 Å². The van der Waals surface area contributed by atoms with Crippen LogP contribution in [-0.4, -0.2) is 4.98 Å². The third-order valence-corrected chi connectivity index (χ3v) is 3.45. The number of thiazole rings is 1. The highest BCUT2D eigenvalue weighted by molar-refractivity contribution is 7.09. The number of anilines is 1. The minimum atomic E-state index is 0.814. The molecular weight excluding hydrogens is 228 g/mol. The van der Waals surface area contributed by atoms with Gasteiger partial charge in [-0.25, -0.2) is 4.98 Å². The van der Waals surface area contributed by atoms with Crippen LogP contribution < -0.4 is 5.32 Å². The van der Waals surface area contributed by atoms with Gasteiger partial charge in [0.05, 0.1) is 6.54 Å². The molecule has 0 saturated carbocycles. The van der Waals surface area contributed by atoms with E-state index in [9.17, 15) is 0 Å². The van der Waals surface area contributed by atoms with Crippen LogP contribution in [0, 0.1) is 0 Å². The van der Waals surface area contributed by atoms with Gasteiger partial charge in [-0.05, 0) is 30.5 Å². The van der Waals surface area contributed by atoms with Crippen molar-refractivity contribution in [3.05, 3.63) is 46.4 Å². The van der Waals surface area contributed by atoms with Crippen LogP contribution in [0.15, 0.2) is 35.8 Å². The lowest BCUT2D eigenvalue weighted by Crippen LogP contribution is -1.99. The first-order valence-electron chi connectivity index (χ1n) is 6.09. The molecule has 17 heavy (non-hydrogen) atoms. The molecule has 0 aliphatic heterocycles. The van der Waals surface area contributed by atoms with Crippen molar-refractivity contribution < 1.29 is 0 Å². The van der Waals surface area contributed by atoms with Crippen molar-refractivity contribution in [1.82, 2.24) is 4.98 Å². The van der Waals surface area contributed by atoms with E-state index in [1.807, 2.05) is 11.6 Å². The normalized spacial score (nSPS) is 10.4. The first kappa shape index (κ1) is 12.1. The summed E-state index contributed by atoms with van der Waals surface area (Å²) in [5.41, 5.74) is 2.60. The molecule has 90 valence electrons. The molecule has 0 spiro atoms. The van der Waals surface area contributed by atoms with Crippen molar-refractivity contribution in [1.29, 1.82) is 0 Å². The quantitative estimate of drug-likeness (QED) is 0.830. The predicted molar refractivity (Wildman–Crippen MR) is 74.5 cm³/mol. The van der Waals surface area contributed by atoms with E-state index >= 15 is 0 Å². The lowest BCUT2D eigenvalue weighted by molar-refractivity contribution is 0.795. The van der Waals surface area contributed by atoms with Gasteiger partial charge in [-0.2, -0.15) is 0 Å². The lowest BCUT2D eigenvalue weighted by atomic mass is 10.1. The number of hydrogen-bond donors (Lipinski definition) is 1. The molecule has 0 radical (unpaired) electrons. The van der Waals surface area contributed by atoms with Gasteiger partial charge in [-0.15, -0.1) is 11.3 Å². The molecule has 1 N–H and O–H groups in total. The number of nitrogens with zero attached hydrogens (tertiary/aromatic N) is 1. The highest BCUT2D eigenvalue weighted by atomic mass is 32.1. The van der Waals surface area contributed by atoms with Gasteiger partial charge >= 0.3 is 0 Å². The zero-order valence-corrected chi connectivity index (χ0v) is 11.0. The number of rotatable bonds is 6. The number of hydrogen-bond acceptors (Lipinski definition) is 3. The van der Waals surface area contributed by atoms with Crippen LogP contribution in [0.1, 0.15) is 30.3 Å². The highest BCUT2D eigenvalue weighted by Crippen LogP contribution is 2.14. The van der Waals surface area contributed by atoms with Crippen LogP contribution in [0.5, 0.6) is 0 Å². The fourth-order valence-electron chi connectivity index (χ4n) is 1.74. The number of benzene rings is 1. The van der Waals surface area contributed by atoms with E-state index in [2.05, 4.69) is 41.5 Å². The van der Waals surface area contributed by atoms with Gasteiger partial charge in [0.1, 0.15) is 5.01 Å². The Bertz CT molecular complexity index is 437. The molecule has 3 heteroatoms. The summed E-state index contributed by atoms with van der Waals surface area (Å²) >= 11 is 1.69. The Morgan fingerprint density at radius 1 is 1.35 bits per heavy atom. The Kier molecular flexibility index (Phi) is 4.56. The van der Waals surface area contributed by atoms with Crippen molar-refractivity contribution in [3.8, 4) is 0 Å². The van der Waals surface area contributed by atoms with Crippen LogP contribution in [0.2, 0.25) is 0 Å². The summed E-state index contributed by atoms with van der Waals surface area (Å²) in [4.78, 5) is 4.26. The summed E-state index contributed by atoms with van der Waals surface area (Å²) in [6.07, 6.45) is 5.52. The molecule has 0 amide bonds. The van der Waals surface area contributed by atoms with E-state index in [0.717, 1.165) is 11.6 Å². The van der Waals surface area contributed by atoms with Crippen molar-refractivity contribution in [3.63, 3.8) is 0 Å². The van der Waals surface area contributed by atoms with Crippen molar-refractivity contribution in [2.45, 2.75) is 32.7 Å². The predicted octanol–water partition coefficient (Wildman–Crippen LogP) is 4.10. The maximum absolute atomic E-state index is 4.26. The molecule has 1 aromatic carbocycles. The van der Waals surface area contributed by atoms with Gasteiger partial charge < -0.3 is 5.32 Å². The summed E-state index contributed by atoms with van der Waals surface area (Å²) in [5.74, 6) is 0. The van der Waals surface area contributed by atoms with Crippen molar-refractivity contribution in [2.24, 2.45) is 0 Å². The standard InChI is InChI=1S/C14H18N2S/c1-2-3-5-12-6-4-7-13(10-12)16-11-14-15-8-9-17-14/h4,6-10,16H,2-3,5,11H2,1H3. The Labute approximate surface area is 107 Å². The summed E-state index contributed by atoms with van der Waals surface area (Å²) in [7, 11) is 0. The lowest BCUT2D eigenvalue weighted by Gasteiger charge is -2.06. The van der Waals surface area contributed by atoms with Crippen LogP contribution in [0.3, 0.4) is 0 Å².